The van der Waals surface area contributed by atoms with E-state index in [-0.39, 0.29) is 5.91 Å². The molecular weight excluding hydrogens is 340 g/mol. The molecule has 0 aliphatic carbocycles. The molecule has 3 heterocycles. The molecule has 6 nitrogen and oxygen atoms in total. The summed E-state index contributed by atoms with van der Waals surface area (Å²) in [4.78, 5) is 18.3. The minimum atomic E-state index is -0.0565. The first-order valence-corrected chi connectivity index (χ1v) is 9.94. The first-order valence-electron chi connectivity index (χ1n) is 9.94. The number of carbonyl (C=O) groups is 1. The molecule has 1 aromatic heterocycles. The second-order valence-corrected chi connectivity index (χ2v) is 7.58. The van der Waals surface area contributed by atoms with Gasteiger partial charge >= 0.3 is 0 Å². The molecule has 144 valence electrons. The molecule has 2 aliphatic rings. The molecule has 1 aromatic carbocycles. The molecule has 0 radical (unpaired) electrons. The van der Waals surface area contributed by atoms with Crippen LogP contribution in [-0.4, -0.2) is 52.7 Å². The van der Waals surface area contributed by atoms with Crippen molar-refractivity contribution in [3.05, 3.63) is 36.7 Å². The van der Waals surface area contributed by atoms with Crippen LogP contribution in [0.3, 0.4) is 0 Å². The summed E-state index contributed by atoms with van der Waals surface area (Å²) in [6.07, 6.45) is 9.11. The lowest BCUT2D eigenvalue weighted by atomic mass is 10.0. The summed E-state index contributed by atoms with van der Waals surface area (Å²) in [5.41, 5.74) is 1.89. The molecule has 2 fully saturated rings. The first-order chi connectivity index (χ1) is 13.2. The number of anilines is 1. The van der Waals surface area contributed by atoms with Crippen LogP contribution >= 0.6 is 0 Å². The van der Waals surface area contributed by atoms with Gasteiger partial charge in [-0.15, -0.1) is 0 Å². The number of rotatable bonds is 5. The maximum absolute atomic E-state index is 11.2. The molecule has 4 rings (SSSR count). The Morgan fingerprint density at radius 3 is 2.67 bits per heavy atom. The lowest BCUT2D eigenvalue weighted by Gasteiger charge is -2.34. The number of likely N-dealkylation sites (tertiary alicyclic amines) is 1. The van der Waals surface area contributed by atoms with Crippen molar-refractivity contribution >= 4 is 11.6 Å². The standard InChI is InChI=1S/C21H28N4O2/c1-16(26)23-18-6-4-17(5-7-18)21-22-10-13-25(21)19-8-11-24(12-9-19)15-20-3-2-14-27-20/h4-7,10,13,19-20H,2-3,8-9,11-12,14-15H2,1H3,(H,23,26). The number of aromatic nitrogens is 2. The summed E-state index contributed by atoms with van der Waals surface area (Å²) >= 11 is 0. The monoisotopic (exact) mass is 368 g/mol. The van der Waals surface area contributed by atoms with Crippen LogP contribution in [0.15, 0.2) is 36.7 Å². The van der Waals surface area contributed by atoms with Gasteiger partial charge in [-0.1, -0.05) is 0 Å². The van der Waals surface area contributed by atoms with E-state index in [1.165, 1.54) is 19.8 Å². The van der Waals surface area contributed by atoms with Crippen LogP contribution in [0.25, 0.3) is 11.4 Å². The van der Waals surface area contributed by atoms with Gasteiger partial charge in [-0.05, 0) is 49.9 Å². The molecule has 2 aliphatic heterocycles. The van der Waals surface area contributed by atoms with E-state index in [2.05, 4.69) is 26.0 Å². The van der Waals surface area contributed by atoms with Crippen molar-refractivity contribution in [2.24, 2.45) is 0 Å². The molecule has 1 amide bonds. The third-order valence-electron chi connectivity index (χ3n) is 5.57. The van der Waals surface area contributed by atoms with Gasteiger partial charge in [-0.2, -0.15) is 0 Å². The number of hydrogen-bond donors (Lipinski definition) is 1. The SMILES string of the molecule is CC(=O)Nc1ccc(-c2nccn2C2CCN(CC3CCCO3)CC2)cc1. The van der Waals surface area contributed by atoms with Gasteiger partial charge in [0.25, 0.3) is 0 Å². The highest BCUT2D eigenvalue weighted by atomic mass is 16.5. The van der Waals surface area contributed by atoms with E-state index in [1.54, 1.807) is 0 Å². The number of amides is 1. The van der Waals surface area contributed by atoms with Crippen LogP contribution in [0.1, 0.15) is 38.6 Å². The zero-order valence-electron chi connectivity index (χ0n) is 15.9. The molecule has 6 heteroatoms. The van der Waals surface area contributed by atoms with Crippen LogP contribution in [-0.2, 0) is 9.53 Å². The quantitative estimate of drug-likeness (QED) is 0.879. The van der Waals surface area contributed by atoms with Crippen molar-refractivity contribution in [2.75, 3.05) is 31.6 Å². The number of hydrogen-bond acceptors (Lipinski definition) is 4. The van der Waals surface area contributed by atoms with Gasteiger partial charge in [0.2, 0.25) is 5.91 Å². The van der Waals surface area contributed by atoms with E-state index >= 15 is 0 Å². The molecule has 0 bridgehead atoms. The predicted octanol–water partition coefficient (Wildman–Crippen LogP) is 3.32. The lowest BCUT2D eigenvalue weighted by molar-refractivity contribution is -0.114. The first kappa shape index (κ1) is 18.2. The van der Waals surface area contributed by atoms with Crippen LogP contribution in [0.4, 0.5) is 5.69 Å². The number of imidazole rings is 1. The fraction of sp³-hybridized carbons (Fsp3) is 0.524. The van der Waals surface area contributed by atoms with Crippen LogP contribution in [0, 0.1) is 0 Å². The van der Waals surface area contributed by atoms with Gasteiger partial charge in [0.1, 0.15) is 5.82 Å². The van der Waals surface area contributed by atoms with E-state index < -0.39 is 0 Å². The summed E-state index contributed by atoms with van der Waals surface area (Å²) in [6, 6.07) is 8.39. The number of carbonyl (C=O) groups excluding carboxylic acids is 1. The molecule has 1 atom stereocenters. The van der Waals surface area contributed by atoms with Gasteiger partial charge in [-0.3, -0.25) is 4.79 Å². The molecule has 2 aromatic rings. The maximum atomic E-state index is 11.2. The van der Waals surface area contributed by atoms with Crippen molar-refractivity contribution in [2.45, 2.75) is 44.8 Å². The minimum Gasteiger partial charge on any atom is -0.377 e. The molecule has 1 unspecified atom stereocenters. The zero-order valence-corrected chi connectivity index (χ0v) is 15.9. The largest absolute Gasteiger partial charge is 0.377 e. The van der Waals surface area contributed by atoms with E-state index in [0.717, 1.165) is 56.2 Å². The number of nitrogens with zero attached hydrogens (tertiary/aromatic N) is 3. The molecule has 27 heavy (non-hydrogen) atoms. The molecule has 1 N–H and O–H groups in total. The van der Waals surface area contributed by atoms with Gasteiger partial charge < -0.3 is 19.5 Å². The lowest BCUT2D eigenvalue weighted by Crippen LogP contribution is -2.39. The van der Waals surface area contributed by atoms with E-state index in [4.69, 9.17) is 4.74 Å². The van der Waals surface area contributed by atoms with Crippen molar-refractivity contribution in [1.82, 2.24) is 14.5 Å². The summed E-state index contributed by atoms with van der Waals surface area (Å²) in [6.45, 7) is 5.76. The Balaban J connectivity index is 1.39. The Bertz CT molecular complexity index is 757. The highest BCUT2D eigenvalue weighted by Crippen LogP contribution is 2.29. The predicted molar refractivity (Wildman–Crippen MR) is 106 cm³/mol. The third-order valence-corrected chi connectivity index (χ3v) is 5.57. The van der Waals surface area contributed by atoms with Gasteiger partial charge in [0.15, 0.2) is 0 Å². The van der Waals surface area contributed by atoms with Crippen LogP contribution in [0.2, 0.25) is 0 Å². The number of nitrogens with one attached hydrogen (secondary N) is 1. The van der Waals surface area contributed by atoms with Crippen molar-refractivity contribution in [3.63, 3.8) is 0 Å². The second-order valence-electron chi connectivity index (χ2n) is 7.58. The molecule has 2 saturated heterocycles. The Morgan fingerprint density at radius 1 is 1.22 bits per heavy atom. The average molecular weight is 368 g/mol. The van der Waals surface area contributed by atoms with E-state index in [1.807, 2.05) is 30.5 Å². The number of benzene rings is 1. The van der Waals surface area contributed by atoms with Gasteiger partial charge in [0, 0.05) is 62.9 Å². The summed E-state index contributed by atoms with van der Waals surface area (Å²) < 4.78 is 8.10. The third kappa shape index (κ3) is 4.39. The summed E-state index contributed by atoms with van der Waals surface area (Å²) in [5, 5.41) is 2.81. The number of ether oxygens (including phenoxy) is 1. The maximum Gasteiger partial charge on any atom is 0.221 e. The van der Waals surface area contributed by atoms with Crippen LogP contribution in [0.5, 0.6) is 0 Å². The highest BCUT2D eigenvalue weighted by Gasteiger charge is 2.25. The zero-order chi connectivity index (χ0) is 18.6. The van der Waals surface area contributed by atoms with Crippen LogP contribution < -0.4 is 5.32 Å². The average Bonchev–Trinajstić information content (AvgIpc) is 3.34. The Kier molecular flexibility index (Phi) is 5.55. The van der Waals surface area contributed by atoms with Gasteiger partial charge in [-0.25, -0.2) is 4.98 Å². The summed E-state index contributed by atoms with van der Waals surface area (Å²) in [7, 11) is 0. The normalized spacial score (nSPS) is 21.4. The fourth-order valence-corrected chi connectivity index (χ4v) is 4.19. The van der Waals surface area contributed by atoms with Crippen molar-refractivity contribution in [1.29, 1.82) is 0 Å². The minimum absolute atomic E-state index is 0.0565. The van der Waals surface area contributed by atoms with Crippen molar-refractivity contribution in [3.8, 4) is 11.4 Å². The number of piperidine rings is 1. The van der Waals surface area contributed by atoms with E-state index in [9.17, 15) is 4.79 Å². The van der Waals surface area contributed by atoms with Gasteiger partial charge in [0.05, 0.1) is 6.10 Å². The smallest absolute Gasteiger partial charge is 0.221 e. The van der Waals surface area contributed by atoms with Crippen molar-refractivity contribution < 1.29 is 9.53 Å². The molecule has 0 saturated carbocycles. The second kappa shape index (κ2) is 8.23. The molecular formula is C21H28N4O2. The Morgan fingerprint density at radius 2 is 2.00 bits per heavy atom. The Labute approximate surface area is 160 Å². The topological polar surface area (TPSA) is 59.4 Å². The molecule has 0 spiro atoms. The highest BCUT2D eigenvalue weighted by molar-refractivity contribution is 5.88. The van der Waals surface area contributed by atoms with E-state index in [0.29, 0.717) is 12.1 Å². The Hall–Kier alpha value is -2.18. The fourth-order valence-electron chi connectivity index (χ4n) is 4.19. The summed E-state index contributed by atoms with van der Waals surface area (Å²) in [5.74, 6) is 0.945.